The fourth-order valence-electron chi connectivity index (χ4n) is 2.05. The van der Waals surface area contributed by atoms with Crippen LogP contribution in [0.3, 0.4) is 0 Å². The summed E-state index contributed by atoms with van der Waals surface area (Å²) >= 11 is 0. The van der Waals surface area contributed by atoms with Crippen molar-refractivity contribution in [2.45, 2.75) is 19.3 Å². The number of ether oxygens (including phenoxy) is 1. The first-order valence-electron chi connectivity index (χ1n) is 5.54. The maximum absolute atomic E-state index is 5.90. The van der Waals surface area contributed by atoms with Crippen LogP contribution in [0.15, 0.2) is 30.9 Å². The number of hydrogen-bond acceptors (Lipinski definition) is 2. The zero-order valence-electron chi connectivity index (χ0n) is 9.62. The molecule has 2 heteroatoms. The summed E-state index contributed by atoms with van der Waals surface area (Å²) in [5.74, 6) is 0.659. The normalized spacial score (nSPS) is 14.7. The molecule has 1 aliphatic rings. The van der Waals surface area contributed by atoms with Crippen LogP contribution in [-0.2, 0) is 4.74 Å². The largest absolute Gasteiger partial charge is 0.497 e. The Balaban J connectivity index is 2.39. The van der Waals surface area contributed by atoms with Gasteiger partial charge in [0.2, 0.25) is 0 Å². The number of hydrogen-bond donors (Lipinski definition) is 1. The molecule has 1 aliphatic carbocycles. The van der Waals surface area contributed by atoms with E-state index in [9.17, 15) is 0 Å². The van der Waals surface area contributed by atoms with E-state index in [1.54, 1.807) is 7.11 Å². The molecule has 0 atom stereocenters. The van der Waals surface area contributed by atoms with E-state index in [1.807, 2.05) is 12.1 Å². The summed E-state index contributed by atoms with van der Waals surface area (Å²) in [5.41, 5.74) is 10.2. The smallest absolute Gasteiger partial charge is 0.119 e. The molecule has 84 valence electrons. The number of rotatable bonds is 3. The predicted octanol–water partition coefficient (Wildman–Crippen LogP) is 3.45. The first kappa shape index (κ1) is 10.8. The van der Waals surface area contributed by atoms with Crippen molar-refractivity contribution in [1.82, 2.24) is 0 Å². The van der Waals surface area contributed by atoms with Crippen molar-refractivity contribution in [3.63, 3.8) is 0 Å². The Morgan fingerprint density at radius 2 is 2.19 bits per heavy atom. The van der Waals surface area contributed by atoms with Gasteiger partial charge in [-0.2, -0.15) is 0 Å². The average molecular weight is 215 g/mol. The second-order valence-electron chi connectivity index (χ2n) is 4.09. The highest BCUT2D eigenvalue weighted by molar-refractivity contribution is 5.74. The summed E-state index contributed by atoms with van der Waals surface area (Å²) in [7, 11) is 1.63. The summed E-state index contributed by atoms with van der Waals surface area (Å²) in [6.07, 6.45) is 5.84. The van der Waals surface area contributed by atoms with Crippen molar-refractivity contribution in [1.29, 1.82) is 0 Å². The summed E-state index contributed by atoms with van der Waals surface area (Å²) in [4.78, 5) is 0. The van der Waals surface area contributed by atoms with Crippen molar-refractivity contribution in [3.8, 4) is 0 Å². The van der Waals surface area contributed by atoms with Crippen LogP contribution in [0.2, 0.25) is 0 Å². The van der Waals surface area contributed by atoms with Gasteiger partial charge in [0.25, 0.3) is 0 Å². The molecule has 1 aromatic rings. The molecule has 0 spiro atoms. The molecule has 2 N–H and O–H groups in total. The Morgan fingerprint density at radius 3 is 2.81 bits per heavy atom. The molecule has 0 saturated heterocycles. The Bertz CT molecular complexity index is 446. The van der Waals surface area contributed by atoms with Gasteiger partial charge in [-0.3, -0.25) is 0 Å². The molecule has 0 aromatic heterocycles. The quantitative estimate of drug-likeness (QED) is 0.619. The molecule has 0 unspecified atom stereocenters. The number of nitrogen functional groups attached to an aromatic ring is 1. The lowest BCUT2D eigenvalue weighted by Gasteiger charge is -2.09. The van der Waals surface area contributed by atoms with Crippen LogP contribution in [0.1, 0.15) is 30.4 Å². The van der Waals surface area contributed by atoms with Gasteiger partial charge in [0.1, 0.15) is 5.76 Å². The van der Waals surface area contributed by atoms with Crippen molar-refractivity contribution < 1.29 is 4.74 Å². The Hall–Kier alpha value is -1.70. The summed E-state index contributed by atoms with van der Waals surface area (Å²) in [6.45, 7) is 3.86. The van der Waals surface area contributed by atoms with Crippen LogP contribution in [0, 0.1) is 0 Å². The van der Waals surface area contributed by atoms with Gasteiger partial charge in [0, 0.05) is 11.3 Å². The maximum atomic E-state index is 5.90. The first-order valence-corrected chi connectivity index (χ1v) is 5.54. The lowest BCUT2D eigenvalue weighted by Crippen LogP contribution is -1.93. The highest BCUT2D eigenvalue weighted by atomic mass is 16.5. The number of methoxy groups -OCH3 is 1. The molecule has 0 heterocycles. The predicted molar refractivity (Wildman–Crippen MR) is 68.7 cm³/mol. The zero-order valence-corrected chi connectivity index (χ0v) is 9.62. The molecule has 0 saturated carbocycles. The molecule has 0 fully saturated rings. The molecule has 2 nitrogen and oxygen atoms in total. The first-order chi connectivity index (χ1) is 7.70. The van der Waals surface area contributed by atoms with Crippen molar-refractivity contribution >= 4 is 17.0 Å². The highest BCUT2D eigenvalue weighted by Crippen LogP contribution is 2.30. The molecule has 0 bridgehead atoms. The molecule has 2 rings (SSSR count). The molecule has 16 heavy (non-hydrogen) atoms. The Kier molecular flexibility index (Phi) is 3.00. The molecule has 1 aromatic carbocycles. The molecule has 0 aliphatic heterocycles. The van der Waals surface area contributed by atoms with Gasteiger partial charge in [-0.15, -0.1) is 0 Å². The van der Waals surface area contributed by atoms with Crippen LogP contribution >= 0.6 is 0 Å². The summed E-state index contributed by atoms with van der Waals surface area (Å²) in [5, 5.41) is 0. The highest BCUT2D eigenvalue weighted by Gasteiger charge is 2.10. The van der Waals surface area contributed by atoms with Crippen LogP contribution in [-0.4, -0.2) is 7.11 Å². The molecule has 0 amide bonds. The SMILES string of the molecule is C=C(OC)c1cc(N)cc(C2=CCCC2)c1. The van der Waals surface area contributed by atoms with Crippen molar-refractivity contribution in [2.75, 3.05) is 12.8 Å². The minimum atomic E-state index is 0.659. The third kappa shape index (κ3) is 2.11. The Morgan fingerprint density at radius 1 is 1.38 bits per heavy atom. The van der Waals surface area contributed by atoms with E-state index in [0.29, 0.717) is 5.76 Å². The average Bonchev–Trinajstić information content (AvgIpc) is 2.80. The second-order valence-corrected chi connectivity index (χ2v) is 4.09. The van der Waals surface area contributed by atoms with Gasteiger partial charge >= 0.3 is 0 Å². The van der Waals surface area contributed by atoms with Gasteiger partial charge in [0.05, 0.1) is 7.11 Å². The third-order valence-electron chi connectivity index (χ3n) is 2.94. The van der Waals surface area contributed by atoms with Crippen LogP contribution < -0.4 is 5.73 Å². The summed E-state index contributed by atoms with van der Waals surface area (Å²) < 4.78 is 5.14. The van der Waals surface area contributed by atoms with E-state index in [4.69, 9.17) is 10.5 Å². The number of benzene rings is 1. The van der Waals surface area contributed by atoms with Gasteiger partial charge in [-0.1, -0.05) is 12.7 Å². The number of anilines is 1. The number of allylic oxidation sites excluding steroid dienone is 2. The Labute approximate surface area is 96.4 Å². The fraction of sp³-hybridized carbons (Fsp3) is 0.286. The standard InChI is InChI=1S/C14H17NO/c1-10(16-2)12-7-13(9-14(15)8-12)11-5-3-4-6-11/h5,7-9H,1,3-4,6,15H2,2H3. The topological polar surface area (TPSA) is 35.2 Å². The molecular formula is C14H17NO. The summed E-state index contributed by atoms with van der Waals surface area (Å²) in [6, 6.07) is 6.01. The van der Waals surface area contributed by atoms with Crippen molar-refractivity contribution in [3.05, 3.63) is 42.0 Å². The van der Waals surface area contributed by atoms with Gasteiger partial charge in [-0.05, 0) is 48.6 Å². The van der Waals surface area contributed by atoms with E-state index >= 15 is 0 Å². The second kappa shape index (κ2) is 4.44. The number of nitrogens with two attached hydrogens (primary N) is 1. The fourth-order valence-corrected chi connectivity index (χ4v) is 2.05. The van der Waals surface area contributed by atoms with Gasteiger partial charge < -0.3 is 10.5 Å². The molecule has 0 radical (unpaired) electrons. The van der Waals surface area contributed by atoms with E-state index in [1.165, 1.54) is 24.0 Å². The lowest BCUT2D eigenvalue weighted by molar-refractivity contribution is 0.371. The van der Waals surface area contributed by atoms with Crippen LogP contribution in [0.5, 0.6) is 0 Å². The van der Waals surface area contributed by atoms with Crippen LogP contribution in [0.25, 0.3) is 11.3 Å². The zero-order chi connectivity index (χ0) is 11.5. The van der Waals surface area contributed by atoms with Gasteiger partial charge in [-0.25, -0.2) is 0 Å². The maximum Gasteiger partial charge on any atom is 0.119 e. The third-order valence-corrected chi connectivity index (χ3v) is 2.94. The van der Waals surface area contributed by atoms with E-state index < -0.39 is 0 Å². The van der Waals surface area contributed by atoms with Crippen LogP contribution in [0.4, 0.5) is 5.69 Å². The minimum Gasteiger partial charge on any atom is -0.497 e. The van der Waals surface area contributed by atoms with E-state index in [0.717, 1.165) is 17.7 Å². The van der Waals surface area contributed by atoms with Gasteiger partial charge in [0.15, 0.2) is 0 Å². The van der Waals surface area contributed by atoms with E-state index in [2.05, 4.69) is 18.7 Å². The van der Waals surface area contributed by atoms with E-state index in [-0.39, 0.29) is 0 Å². The minimum absolute atomic E-state index is 0.659. The van der Waals surface area contributed by atoms with Crippen molar-refractivity contribution in [2.24, 2.45) is 0 Å². The monoisotopic (exact) mass is 215 g/mol. The molecular weight excluding hydrogens is 198 g/mol. The lowest BCUT2D eigenvalue weighted by atomic mass is 10.0.